The van der Waals surface area contributed by atoms with E-state index in [2.05, 4.69) is 6.92 Å². The molecule has 0 saturated heterocycles. The van der Waals surface area contributed by atoms with Crippen LogP contribution in [0.25, 0.3) is 0 Å². The molecular formula is C22H40O7. The molecule has 7 heteroatoms. The molecule has 170 valence electrons. The van der Waals surface area contributed by atoms with E-state index in [0.717, 1.165) is 19.3 Å². The number of unbranched alkanes of at least 4 members (excludes halogenated alkanes) is 13. The molecule has 0 atom stereocenters. The molecule has 0 aromatic carbocycles. The maximum absolute atomic E-state index is 11.4. The van der Waals surface area contributed by atoms with Gasteiger partial charge in [0.2, 0.25) is 0 Å². The molecule has 3 N–H and O–H groups in total. The molecule has 0 bridgehead atoms. The monoisotopic (exact) mass is 416 g/mol. The molecule has 0 amide bonds. The van der Waals surface area contributed by atoms with Gasteiger partial charge in [-0.25, -0.2) is 4.79 Å². The normalized spacial score (nSPS) is 11.5. The fraction of sp³-hybridized carbons (Fsp3) is 0.864. The maximum atomic E-state index is 11.4. The highest BCUT2D eigenvalue weighted by molar-refractivity contribution is 5.88. The van der Waals surface area contributed by atoms with Crippen molar-refractivity contribution < 1.29 is 34.4 Å². The minimum Gasteiger partial charge on any atom is -0.481 e. The van der Waals surface area contributed by atoms with Gasteiger partial charge in [-0.1, -0.05) is 90.4 Å². The molecule has 29 heavy (non-hydrogen) atoms. The van der Waals surface area contributed by atoms with Crippen LogP contribution in [0.3, 0.4) is 0 Å². The van der Waals surface area contributed by atoms with Gasteiger partial charge in [0, 0.05) is 6.61 Å². The lowest BCUT2D eigenvalue weighted by Gasteiger charge is -2.26. The molecule has 7 nitrogen and oxygen atoms in total. The zero-order valence-electron chi connectivity index (χ0n) is 18.0. The molecule has 0 aliphatic heterocycles. The van der Waals surface area contributed by atoms with Crippen LogP contribution in [0.1, 0.15) is 110 Å². The number of hydrogen-bond donors (Lipinski definition) is 3. The molecule has 0 radical (unpaired) electrons. The number of carbonyl (C=O) groups is 3. The molecule has 0 aromatic heterocycles. The van der Waals surface area contributed by atoms with Crippen molar-refractivity contribution in [1.29, 1.82) is 0 Å². The van der Waals surface area contributed by atoms with E-state index in [1.54, 1.807) is 0 Å². The minimum atomic E-state index is -2.20. The van der Waals surface area contributed by atoms with Gasteiger partial charge >= 0.3 is 17.9 Å². The Balaban J connectivity index is 3.78. The molecule has 0 fully saturated rings. The summed E-state index contributed by atoms with van der Waals surface area (Å²) in [6.07, 6.45) is 14.9. The largest absolute Gasteiger partial charge is 0.481 e. The third-order valence-corrected chi connectivity index (χ3v) is 5.14. The SMILES string of the molecule is CCCCCCCCCCCCCCCCOC(CC(=O)O)(CC(=O)O)C(=O)O. The smallest absolute Gasteiger partial charge is 0.337 e. The summed E-state index contributed by atoms with van der Waals surface area (Å²) >= 11 is 0. The summed E-state index contributed by atoms with van der Waals surface area (Å²) in [5, 5.41) is 27.1. The van der Waals surface area contributed by atoms with Crippen molar-refractivity contribution >= 4 is 17.9 Å². The lowest BCUT2D eigenvalue weighted by molar-refractivity contribution is -0.178. The van der Waals surface area contributed by atoms with Crippen molar-refractivity contribution in [1.82, 2.24) is 0 Å². The zero-order valence-corrected chi connectivity index (χ0v) is 18.0. The van der Waals surface area contributed by atoms with Crippen LogP contribution in [0.2, 0.25) is 0 Å². The Morgan fingerprint density at radius 2 is 0.966 bits per heavy atom. The second kappa shape index (κ2) is 17.2. The maximum Gasteiger partial charge on any atom is 0.337 e. The second-order valence-electron chi connectivity index (χ2n) is 7.89. The van der Waals surface area contributed by atoms with E-state index >= 15 is 0 Å². The number of ether oxygens (including phenoxy) is 1. The van der Waals surface area contributed by atoms with Gasteiger partial charge in [-0.15, -0.1) is 0 Å². The van der Waals surface area contributed by atoms with Crippen LogP contribution in [0.5, 0.6) is 0 Å². The van der Waals surface area contributed by atoms with Crippen molar-refractivity contribution in [3.63, 3.8) is 0 Å². The van der Waals surface area contributed by atoms with Gasteiger partial charge in [-0.05, 0) is 6.42 Å². The molecule has 0 aromatic rings. The number of rotatable bonds is 21. The van der Waals surface area contributed by atoms with Gasteiger partial charge in [-0.3, -0.25) is 9.59 Å². The molecule has 0 aliphatic carbocycles. The van der Waals surface area contributed by atoms with E-state index in [4.69, 9.17) is 14.9 Å². The van der Waals surface area contributed by atoms with Crippen LogP contribution in [-0.4, -0.2) is 45.4 Å². The van der Waals surface area contributed by atoms with E-state index < -0.39 is 36.4 Å². The minimum absolute atomic E-state index is 0.0465. The fourth-order valence-electron chi connectivity index (χ4n) is 3.43. The topological polar surface area (TPSA) is 121 Å². The van der Waals surface area contributed by atoms with Crippen molar-refractivity contribution in [3.05, 3.63) is 0 Å². The standard InChI is InChI=1S/C22H40O7/c1-2-3-4-5-6-7-8-9-10-11-12-13-14-15-16-29-22(21(27)28,17-19(23)24)18-20(25)26/h2-18H2,1H3,(H,23,24)(H,25,26)(H,27,28). The summed E-state index contributed by atoms with van der Waals surface area (Å²) in [7, 11) is 0. The average molecular weight is 417 g/mol. The first-order valence-electron chi connectivity index (χ1n) is 11.1. The predicted molar refractivity (Wildman–Crippen MR) is 111 cm³/mol. The fourth-order valence-corrected chi connectivity index (χ4v) is 3.43. The first-order valence-corrected chi connectivity index (χ1v) is 11.1. The van der Waals surface area contributed by atoms with Crippen molar-refractivity contribution in [3.8, 4) is 0 Å². The Labute approximate surface area is 174 Å². The zero-order chi connectivity index (χ0) is 22.0. The Morgan fingerprint density at radius 1 is 0.621 bits per heavy atom. The molecule has 0 spiro atoms. The molecule has 0 unspecified atom stereocenters. The molecule has 0 rings (SSSR count). The van der Waals surface area contributed by atoms with Gasteiger partial charge in [0.05, 0.1) is 12.8 Å². The number of hydrogen-bond acceptors (Lipinski definition) is 4. The summed E-state index contributed by atoms with van der Waals surface area (Å²) in [4.78, 5) is 33.3. The Morgan fingerprint density at radius 3 is 1.28 bits per heavy atom. The van der Waals surface area contributed by atoms with Crippen LogP contribution < -0.4 is 0 Å². The van der Waals surface area contributed by atoms with E-state index in [-0.39, 0.29) is 6.61 Å². The number of carboxylic acids is 3. The van der Waals surface area contributed by atoms with Crippen LogP contribution in [0.15, 0.2) is 0 Å². The van der Waals surface area contributed by atoms with Gasteiger partial charge in [0.25, 0.3) is 0 Å². The van der Waals surface area contributed by atoms with Crippen LogP contribution >= 0.6 is 0 Å². The predicted octanol–water partition coefficient (Wildman–Crippen LogP) is 5.26. The van der Waals surface area contributed by atoms with E-state index in [1.165, 1.54) is 64.2 Å². The van der Waals surface area contributed by atoms with Crippen molar-refractivity contribution in [2.75, 3.05) is 6.61 Å². The summed E-state index contributed by atoms with van der Waals surface area (Å²) in [5.41, 5.74) is -2.20. The lowest BCUT2D eigenvalue weighted by Crippen LogP contribution is -2.45. The molecule has 0 heterocycles. The first kappa shape index (κ1) is 27.4. The quantitative estimate of drug-likeness (QED) is 0.218. The number of carboxylic acid groups (broad SMARTS) is 3. The van der Waals surface area contributed by atoms with Gasteiger partial charge in [0.1, 0.15) is 0 Å². The third-order valence-electron chi connectivity index (χ3n) is 5.14. The van der Waals surface area contributed by atoms with Gasteiger partial charge < -0.3 is 20.1 Å². The van der Waals surface area contributed by atoms with Crippen LogP contribution in [0.4, 0.5) is 0 Å². The Bertz CT molecular complexity index is 446. The molecular weight excluding hydrogens is 376 g/mol. The van der Waals surface area contributed by atoms with Crippen molar-refractivity contribution in [2.45, 2.75) is 115 Å². The summed E-state index contributed by atoms with van der Waals surface area (Å²) < 4.78 is 5.26. The van der Waals surface area contributed by atoms with E-state index in [9.17, 15) is 19.5 Å². The van der Waals surface area contributed by atoms with E-state index in [0.29, 0.717) is 6.42 Å². The van der Waals surface area contributed by atoms with Crippen LogP contribution in [0, 0.1) is 0 Å². The summed E-state index contributed by atoms with van der Waals surface area (Å²) in [5.74, 6) is -4.34. The first-order chi connectivity index (χ1) is 13.8. The summed E-state index contributed by atoms with van der Waals surface area (Å²) in [6, 6.07) is 0. The second-order valence-corrected chi connectivity index (χ2v) is 7.89. The summed E-state index contributed by atoms with van der Waals surface area (Å²) in [6.45, 7) is 2.28. The van der Waals surface area contributed by atoms with Crippen LogP contribution in [-0.2, 0) is 19.1 Å². The average Bonchev–Trinajstić information content (AvgIpc) is 2.63. The third kappa shape index (κ3) is 14.9. The van der Waals surface area contributed by atoms with Gasteiger partial charge in [0.15, 0.2) is 5.60 Å². The molecule has 0 aliphatic rings. The lowest BCUT2D eigenvalue weighted by atomic mass is 9.95. The Hall–Kier alpha value is -1.63. The highest BCUT2D eigenvalue weighted by Gasteiger charge is 2.44. The highest BCUT2D eigenvalue weighted by Crippen LogP contribution is 2.23. The Kier molecular flexibility index (Phi) is 16.3. The highest BCUT2D eigenvalue weighted by atomic mass is 16.5. The molecule has 0 saturated carbocycles. The van der Waals surface area contributed by atoms with Gasteiger partial charge in [-0.2, -0.15) is 0 Å². The number of aliphatic carboxylic acids is 3. The van der Waals surface area contributed by atoms with E-state index in [1.807, 2.05) is 0 Å². The van der Waals surface area contributed by atoms with Crippen molar-refractivity contribution in [2.24, 2.45) is 0 Å².